The molecule has 0 amide bonds. The zero-order chi connectivity index (χ0) is 12.4. The van der Waals surface area contributed by atoms with E-state index in [-0.39, 0.29) is 0 Å². The second-order valence-electron chi connectivity index (χ2n) is 4.81. The van der Waals surface area contributed by atoms with Gasteiger partial charge in [-0.2, -0.15) is 4.98 Å². The van der Waals surface area contributed by atoms with Gasteiger partial charge in [-0.05, 0) is 27.2 Å². The van der Waals surface area contributed by atoms with Crippen LogP contribution >= 0.6 is 0 Å². The summed E-state index contributed by atoms with van der Waals surface area (Å²) >= 11 is 0. The van der Waals surface area contributed by atoms with Crippen LogP contribution in [0.5, 0.6) is 0 Å². The van der Waals surface area contributed by atoms with Crippen LogP contribution in [-0.4, -0.2) is 17.3 Å². The molecule has 0 aromatic carbocycles. The Labute approximate surface area is 96.4 Å². The van der Waals surface area contributed by atoms with Crippen molar-refractivity contribution in [1.29, 1.82) is 0 Å². The Bertz CT molecular complexity index is 345. The molecule has 92 valence electrons. The molecule has 0 aliphatic carbocycles. The van der Waals surface area contributed by atoms with E-state index in [4.69, 9.17) is 15.0 Å². The monoisotopic (exact) mass is 227 g/mol. The summed E-state index contributed by atoms with van der Waals surface area (Å²) in [6.45, 7) is 7.74. The highest BCUT2D eigenvalue weighted by molar-refractivity contribution is 5.03. The van der Waals surface area contributed by atoms with Crippen molar-refractivity contribution in [3.05, 3.63) is 11.7 Å². The molecule has 0 radical (unpaired) electrons. The third-order valence-corrected chi connectivity index (χ3v) is 2.73. The van der Waals surface area contributed by atoms with Gasteiger partial charge in [0.05, 0.1) is 5.54 Å². The number of ether oxygens (including phenoxy) is 1. The van der Waals surface area contributed by atoms with E-state index < -0.39 is 11.1 Å². The van der Waals surface area contributed by atoms with Crippen LogP contribution in [0.15, 0.2) is 4.52 Å². The Morgan fingerprint density at radius 2 is 2.00 bits per heavy atom. The number of nitrogens with two attached hydrogens (primary N) is 1. The van der Waals surface area contributed by atoms with Crippen molar-refractivity contribution in [3.8, 4) is 0 Å². The maximum Gasteiger partial charge on any atom is 0.246 e. The molecule has 1 atom stereocenters. The predicted molar refractivity (Wildman–Crippen MR) is 60.8 cm³/mol. The molecule has 1 heterocycles. The number of aromatic nitrogens is 2. The van der Waals surface area contributed by atoms with Crippen molar-refractivity contribution in [2.45, 2.75) is 51.7 Å². The average molecular weight is 227 g/mol. The van der Waals surface area contributed by atoms with Crippen molar-refractivity contribution in [1.82, 2.24) is 10.1 Å². The highest BCUT2D eigenvalue weighted by atomic mass is 16.5. The van der Waals surface area contributed by atoms with Gasteiger partial charge in [0.15, 0.2) is 0 Å². The van der Waals surface area contributed by atoms with Gasteiger partial charge >= 0.3 is 0 Å². The lowest BCUT2D eigenvalue weighted by atomic mass is 9.97. The van der Waals surface area contributed by atoms with E-state index in [1.54, 1.807) is 7.11 Å². The SMILES string of the molecule is CCCC(C)(N)c1nc(C(C)(C)OC)no1. The van der Waals surface area contributed by atoms with Crippen LogP contribution in [0.2, 0.25) is 0 Å². The fraction of sp³-hybridized carbons (Fsp3) is 0.818. The van der Waals surface area contributed by atoms with Gasteiger partial charge in [0.25, 0.3) is 0 Å². The Balaban J connectivity index is 2.95. The molecular weight excluding hydrogens is 206 g/mol. The van der Waals surface area contributed by atoms with Crippen molar-refractivity contribution < 1.29 is 9.26 Å². The first-order valence-electron chi connectivity index (χ1n) is 5.52. The van der Waals surface area contributed by atoms with E-state index in [1.807, 2.05) is 20.8 Å². The van der Waals surface area contributed by atoms with Gasteiger partial charge in [-0.15, -0.1) is 0 Å². The molecule has 0 fully saturated rings. The van der Waals surface area contributed by atoms with Crippen molar-refractivity contribution in [2.24, 2.45) is 5.73 Å². The smallest absolute Gasteiger partial charge is 0.246 e. The zero-order valence-corrected chi connectivity index (χ0v) is 10.7. The lowest BCUT2D eigenvalue weighted by Gasteiger charge is -2.19. The fourth-order valence-electron chi connectivity index (χ4n) is 1.42. The van der Waals surface area contributed by atoms with E-state index >= 15 is 0 Å². The summed E-state index contributed by atoms with van der Waals surface area (Å²) in [7, 11) is 1.61. The molecule has 1 aromatic heterocycles. The quantitative estimate of drug-likeness (QED) is 0.831. The molecule has 0 bridgehead atoms. The van der Waals surface area contributed by atoms with E-state index in [1.165, 1.54) is 0 Å². The molecule has 16 heavy (non-hydrogen) atoms. The molecule has 0 saturated carbocycles. The minimum absolute atomic E-state index is 0.467. The largest absolute Gasteiger partial charge is 0.371 e. The molecule has 2 N–H and O–H groups in total. The molecule has 0 aliphatic rings. The number of rotatable bonds is 5. The number of methoxy groups -OCH3 is 1. The van der Waals surface area contributed by atoms with Crippen LogP contribution < -0.4 is 5.73 Å². The Morgan fingerprint density at radius 1 is 1.38 bits per heavy atom. The molecule has 5 nitrogen and oxygen atoms in total. The molecule has 1 rings (SSSR count). The maximum atomic E-state index is 6.11. The Morgan fingerprint density at radius 3 is 2.50 bits per heavy atom. The van der Waals surface area contributed by atoms with E-state index in [0.29, 0.717) is 11.7 Å². The topological polar surface area (TPSA) is 74.2 Å². The lowest BCUT2D eigenvalue weighted by Crippen LogP contribution is -2.33. The molecule has 1 unspecified atom stereocenters. The third-order valence-electron chi connectivity index (χ3n) is 2.73. The first kappa shape index (κ1) is 13.1. The standard InChI is InChI=1S/C11H21N3O2/c1-6-7-11(4,12)9-13-8(14-16-9)10(2,3)15-5/h6-7,12H2,1-5H3. The van der Waals surface area contributed by atoms with Crippen LogP contribution in [0.1, 0.15) is 52.3 Å². The highest BCUT2D eigenvalue weighted by Crippen LogP contribution is 2.25. The minimum Gasteiger partial charge on any atom is -0.371 e. The summed E-state index contributed by atoms with van der Waals surface area (Å²) in [5.41, 5.74) is 4.99. The van der Waals surface area contributed by atoms with Crippen LogP contribution in [0.25, 0.3) is 0 Å². The van der Waals surface area contributed by atoms with E-state index in [0.717, 1.165) is 12.8 Å². The molecule has 1 aromatic rings. The first-order valence-corrected chi connectivity index (χ1v) is 5.52. The number of hydrogen-bond acceptors (Lipinski definition) is 5. The van der Waals surface area contributed by atoms with Crippen LogP contribution in [-0.2, 0) is 15.9 Å². The van der Waals surface area contributed by atoms with Crippen molar-refractivity contribution >= 4 is 0 Å². The number of hydrogen-bond donors (Lipinski definition) is 1. The average Bonchev–Trinajstić information content (AvgIpc) is 2.67. The van der Waals surface area contributed by atoms with Gasteiger partial charge in [-0.25, -0.2) is 0 Å². The Hall–Kier alpha value is -0.940. The van der Waals surface area contributed by atoms with Crippen LogP contribution in [0.3, 0.4) is 0 Å². The van der Waals surface area contributed by atoms with E-state index in [2.05, 4.69) is 17.1 Å². The maximum absolute atomic E-state index is 6.11. The van der Waals surface area contributed by atoms with Crippen molar-refractivity contribution in [2.75, 3.05) is 7.11 Å². The van der Waals surface area contributed by atoms with Crippen molar-refractivity contribution in [3.63, 3.8) is 0 Å². The summed E-state index contributed by atoms with van der Waals surface area (Å²) in [4.78, 5) is 4.32. The number of nitrogens with zero attached hydrogens (tertiary/aromatic N) is 2. The molecule has 0 aliphatic heterocycles. The molecule has 0 saturated heterocycles. The van der Waals surface area contributed by atoms with E-state index in [9.17, 15) is 0 Å². The van der Waals surface area contributed by atoms with Crippen LogP contribution in [0, 0.1) is 0 Å². The molecular formula is C11H21N3O2. The van der Waals surface area contributed by atoms with Gasteiger partial charge in [-0.1, -0.05) is 18.5 Å². The summed E-state index contributed by atoms with van der Waals surface area (Å²) in [5, 5.41) is 3.92. The third kappa shape index (κ3) is 2.59. The Kier molecular flexibility index (Phi) is 3.70. The molecule has 0 spiro atoms. The van der Waals surface area contributed by atoms with Crippen LogP contribution in [0.4, 0.5) is 0 Å². The summed E-state index contributed by atoms with van der Waals surface area (Å²) in [6.07, 6.45) is 1.78. The van der Waals surface area contributed by atoms with Gasteiger partial charge < -0.3 is 15.0 Å². The molecule has 5 heteroatoms. The minimum atomic E-state index is -0.566. The summed E-state index contributed by atoms with van der Waals surface area (Å²) in [6, 6.07) is 0. The zero-order valence-electron chi connectivity index (χ0n) is 10.7. The first-order chi connectivity index (χ1) is 7.33. The summed E-state index contributed by atoms with van der Waals surface area (Å²) in [5.74, 6) is 0.993. The van der Waals surface area contributed by atoms with Gasteiger partial charge in [0, 0.05) is 7.11 Å². The highest BCUT2D eigenvalue weighted by Gasteiger charge is 2.32. The fourth-order valence-corrected chi connectivity index (χ4v) is 1.42. The summed E-state index contributed by atoms with van der Waals surface area (Å²) < 4.78 is 10.5. The van der Waals surface area contributed by atoms with Gasteiger partial charge in [0.1, 0.15) is 5.60 Å². The predicted octanol–water partition coefficient (Wildman–Crippen LogP) is 1.93. The second kappa shape index (κ2) is 4.51. The second-order valence-corrected chi connectivity index (χ2v) is 4.81. The van der Waals surface area contributed by atoms with Gasteiger partial charge in [0.2, 0.25) is 11.7 Å². The van der Waals surface area contributed by atoms with Gasteiger partial charge in [-0.3, -0.25) is 0 Å². The lowest BCUT2D eigenvalue weighted by molar-refractivity contribution is 0.00973. The normalized spacial score (nSPS) is 16.1.